The van der Waals surface area contributed by atoms with E-state index in [1.807, 2.05) is 15.7 Å². The summed E-state index contributed by atoms with van der Waals surface area (Å²) in [6, 6.07) is 0. The fraction of sp³-hybridized carbons (Fsp3) is 0. The van der Waals surface area contributed by atoms with E-state index in [1.54, 1.807) is 21.2 Å². The normalized spacial score (nSPS) is 16.9. The molecule has 0 aliphatic carbocycles. The average molecular weight is 529 g/mol. The van der Waals surface area contributed by atoms with Gasteiger partial charge in [0.2, 0.25) is 0 Å². The first-order valence-electron chi connectivity index (χ1n) is 1.43. The molecule has 0 N–H and O–H groups in total. The molecular formula is H2I3NOS2V. The summed E-state index contributed by atoms with van der Waals surface area (Å²) in [5.74, 6) is 0. The SMILES string of the molecule is O=[S](=[V])(I)N=S.[2H][IH]I. The maximum atomic E-state index is 10.2. The van der Waals surface area contributed by atoms with Gasteiger partial charge in [0.05, 0.1) is 0 Å². The number of hydrogen-bond donors (Lipinski definition) is 0. The predicted octanol–water partition coefficient (Wildman–Crippen LogP) is 1.96. The molecule has 1 atom stereocenters. The van der Waals surface area contributed by atoms with Crippen LogP contribution < -0.4 is 0 Å². The van der Waals surface area contributed by atoms with Crippen LogP contribution in [0.15, 0.2) is 3.77 Å². The van der Waals surface area contributed by atoms with Gasteiger partial charge in [-0.1, -0.05) is 0 Å². The van der Waals surface area contributed by atoms with Gasteiger partial charge >= 0.3 is 99.9 Å². The van der Waals surface area contributed by atoms with Crippen LogP contribution in [-0.2, 0) is 33.1 Å². The number of halogens is 3. The summed E-state index contributed by atoms with van der Waals surface area (Å²) < 4.78 is 19.7. The minimum atomic E-state index is -2.06. The van der Waals surface area contributed by atoms with Gasteiger partial charge in [0.1, 0.15) is 0 Å². The van der Waals surface area contributed by atoms with Crippen molar-refractivity contribution in [1.82, 2.24) is 0 Å². The first kappa shape index (κ1) is 10.9. The third-order valence-electron chi connectivity index (χ3n) is 0.0919. The molecule has 0 spiro atoms. The van der Waals surface area contributed by atoms with Gasteiger partial charge in [-0.3, -0.25) is 0 Å². The fourth-order valence-corrected chi connectivity index (χ4v) is 0. The molecule has 2 nitrogen and oxygen atoms in total. The monoisotopic (exact) mass is 529 g/mol. The zero-order chi connectivity index (χ0) is 7.91. The molecule has 0 saturated carbocycles. The molecule has 0 aromatic rings. The van der Waals surface area contributed by atoms with Crippen molar-refractivity contribution in [3.8, 4) is 0 Å². The second kappa shape index (κ2) is 8.04. The van der Waals surface area contributed by atoms with E-state index < -0.39 is 4.94 Å². The molecule has 51 valence electrons. The summed E-state index contributed by atoms with van der Waals surface area (Å²) in [5, 5.41) is 0. The van der Waals surface area contributed by atoms with Gasteiger partial charge in [-0.2, -0.15) is 0 Å². The van der Waals surface area contributed by atoms with Gasteiger partial charge in [0, 0.05) is 0 Å². The Hall–Kier alpha value is 2.94. The van der Waals surface area contributed by atoms with Crippen molar-refractivity contribution >= 4 is 75.6 Å². The summed E-state index contributed by atoms with van der Waals surface area (Å²) in [6.45, 7) is 0. The molecule has 0 aromatic carbocycles. The Morgan fingerprint density at radius 2 is 2.25 bits per heavy atom. The second-order valence-electron chi connectivity index (χ2n) is 0.506. The topological polar surface area (TPSA) is 29.4 Å². The summed E-state index contributed by atoms with van der Waals surface area (Å²) in [4.78, 5) is -2.06. The van der Waals surface area contributed by atoms with Crippen LogP contribution in [0.2, 0.25) is 0 Å². The Bertz CT molecular complexity index is 144. The third kappa shape index (κ3) is 16.0. The van der Waals surface area contributed by atoms with Gasteiger partial charge in [0.15, 0.2) is 0 Å². The van der Waals surface area contributed by atoms with Crippen molar-refractivity contribution in [1.29, 1.82) is 0.594 Å². The van der Waals surface area contributed by atoms with Crippen molar-refractivity contribution < 1.29 is 19.9 Å². The molecule has 0 heterocycles. The molecule has 0 aliphatic rings. The molecule has 0 radical (unpaired) electrons. The van der Waals surface area contributed by atoms with Crippen LogP contribution in [0.3, 0.4) is 0 Å². The molecule has 8 heavy (non-hydrogen) atoms. The van der Waals surface area contributed by atoms with Crippen LogP contribution in [0.5, 0.6) is 0 Å². The first-order chi connectivity index (χ1) is 3.97. The first-order valence-corrected chi connectivity index (χ1v) is 13.9. The van der Waals surface area contributed by atoms with Gasteiger partial charge in [-0.25, -0.2) is 0 Å². The molecule has 0 aliphatic heterocycles. The molecule has 1 unspecified atom stereocenters. The van der Waals surface area contributed by atoms with E-state index in [1.165, 1.54) is 0 Å². The zero-order valence-corrected chi connectivity index (χ0v) is 13.0. The van der Waals surface area contributed by atoms with E-state index in [0.29, 0.717) is 0 Å². The molecule has 0 rings (SSSR count). The van der Waals surface area contributed by atoms with E-state index in [0.717, 1.165) is 0 Å². The second-order valence-corrected chi connectivity index (χ2v) is 11.2. The van der Waals surface area contributed by atoms with E-state index in [-0.39, 0.29) is 18.4 Å². The van der Waals surface area contributed by atoms with Crippen LogP contribution >= 0.6 is 58.2 Å². The van der Waals surface area contributed by atoms with Gasteiger partial charge in [-0.15, -0.1) is 0 Å². The average Bonchev–Trinajstić information content (AvgIpc) is 1.67. The van der Waals surface area contributed by atoms with Crippen LogP contribution in [0.4, 0.5) is 0 Å². The van der Waals surface area contributed by atoms with Gasteiger partial charge in [0.25, 0.3) is 0 Å². The Labute approximate surface area is 97.7 Å². The molecule has 0 bridgehead atoms. The summed E-state index contributed by atoms with van der Waals surface area (Å²) in [5.41, 5.74) is 0. The number of nitrogens with zero attached hydrogens (tertiary/aromatic N) is 1. The Morgan fingerprint density at radius 3 is 2.25 bits per heavy atom. The van der Waals surface area contributed by atoms with Crippen molar-refractivity contribution in [3.63, 3.8) is 0 Å². The molecular weight excluding hydrogens is 526 g/mol. The number of hydrogen-bond acceptors (Lipinski definition) is 2. The molecule has 0 fully saturated rings. The Morgan fingerprint density at radius 1 is 2.12 bits per heavy atom. The molecule has 0 amide bonds. The van der Waals surface area contributed by atoms with Crippen molar-refractivity contribution in [2.45, 2.75) is 0 Å². The van der Waals surface area contributed by atoms with E-state index in [4.69, 9.17) is 0.594 Å². The standard InChI is InChI=1S/H2I2.INOS2.V/c1-2;1-5(3)2-4;/h1H2;;/i1D;;. The molecule has 8 heteroatoms. The van der Waals surface area contributed by atoms with Crippen molar-refractivity contribution in [3.05, 3.63) is 0 Å². The quantitative estimate of drug-likeness (QED) is 0.385. The molecule has 0 aromatic heterocycles. The van der Waals surface area contributed by atoms with Crippen LogP contribution in [0.1, 0.15) is 0 Å². The molecule has 0 saturated heterocycles. The van der Waals surface area contributed by atoms with Crippen molar-refractivity contribution in [2.24, 2.45) is 3.77 Å². The third-order valence-corrected chi connectivity index (χ3v) is 3.21. The van der Waals surface area contributed by atoms with E-state index >= 15 is 0 Å². The van der Waals surface area contributed by atoms with Crippen LogP contribution in [0, 0.1) is 0 Å². The minimum absolute atomic E-state index is 0.310. The Kier molecular flexibility index (Phi) is 11.0. The number of rotatable bonds is 1. The van der Waals surface area contributed by atoms with Gasteiger partial charge < -0.3 is 0 Å². The van der Waals surface area contributed by atoms with Gasteiger partial charge in [-0.05, 0) is 0 Å². The Balaban J connectivity index is 0. The van der Waals surface area contributed by atoms with E-state index in [2.05, 4.69) is 34.8 Å². The fourth-order valence-electron chi connectivity index (χ4n) is 0. The van der Waals surface area contributed by atoms with E-state index in [9.17, 15) is 4.21 Å². The summed E-state index contributed by atoms with van der Waals surface area (Å²) >= 11 is 9.46. The van der Waals surface area contributed by atoms with Crippen molar-refractivity contribution in [2.75, 3.05) is 0 Å². The van der Waals surface area contributed by atoms with Crippen LogP contribution in [-0.4, -0.2) is 4.80 Å². The maximum absolute atomic E-state index is 10.2. The van der Waals surface area contributed by atoms with Crippen LogP contribution in [0.25, 0.3) is 0 Å². The summed E-state index contributed by atoms with van der Waals surface area (Å²) in [6.07, 6.45) is 0. The predicted molar refractivity (Wildman–Crippen MR) is 62.8 cm³/mol. The zero-order valence-electron chi connectivity index (χ0n) is 4.28. The summed E-state index contributed by atoms with van der Waals surface area (Å²) in [7, 11) is 0.